The second-order valence-corrected chi connectivity index (χ2v) is 7.02. The van der Waals surface area contributed by atoms with E-state index in [0.29, 0.717) is 17.8 Å². The molecule has 2 aliphatic heterocycles. The first-order chi connectivity index (χ1) is 9.22. The Morgan fingerprint density at radius 3 is 2.84 bits per heavy atom. The Hall–Kier alpha value is -0.260. The molecule has 4 nitrogen and oxygen atoms in total. The average Bonchev–Trinajstić information content (AvgIpc) is 2.48. The molecule has 0 aromatic carbocycles. The number of amides is 1. The van der Waals surface area contributed by atoms with Gasteiger partial charge in [0.2, 0.25) is 5.91 Å². The van der Waals surface area contributed by atoms with Crippen molar-refractivity contribution < 1.29 is 9.53 Å². The molecule has 1 amide bonds. The summed E-state index contributed by atoms with van der Waals surface area (Å²) < 4.78 is 5.37. The summed E-state index contributed by atoms with van der Waals surface area (Å²) in [6.45, 7) is 6.44. The monoisotopic (exact) mass is 286 g/mol. The van der Waals surface area contributed by atoms with Crippen LogP contribution >= 0.6 is 11.8 Å². The molecule has 5 heteroatoms. The molecule has 0 aromatic heterocycles. The van der Waals surface area contributed by atoms with Gasteiger partial charge in [0, 0.05) is 31.2 Å². The normalized spacial score (nSPS) is 27.3. The second kappa shape index (κ2) is 6.95. The number of carbonyl (C=O) groups is 1. The lowest BCUT2D eigenvalue weighted by atomic mass is 9.78. The Labute approximate surface area is 120 Å². The summed E-state index contributed by atoms with van der Waals surface area (Å²) in [6.07, 6.45) is 2.95. The topological polar surface area (TPSA) is 41.6 Å². The van der Waals surface area contributed by atoms with Crippen molar-refractivity contribution in [3.8, 4) is 0 Å². The summed E-state index contributed by atoms with van der Waals surface area (Å²) in [5, 5.41) is 3.96. The molecule has 0 radical (unpaired) electrons. The first kappa shape index (κ1) is 15.1. The van der Waals surface area contributed by atoms with E-state index in [0.717, 1.165) is 51.2 Å². The summed E-state index contributed by atoms with van der Waals surface area (Å²) in [5.41, 5.74) is -0.277. The number of hydrogen-bond acceptors (Lipinski definition) is 4. The van der Waals surface area contributed by atoms with Crippen LogP contribution in [-0.2, 0) is 9.53 Å². The zero-order valence-corrected chi connectivity index (χ0v) is 12.9. The van der Waals surface area contributed by atoms with Gasteiger partial charge in [-0.1, -0.05) is 6.92 Å². The Morgan fingerprint density at radius 2 is 2.21 bits per heavy atom. The summed E-state index contributed by atoms with van der Waals surface area (Å²) in [6, 6.07) is 0. The third-order valence-corrected chi connectivity index (χ3v) is 5.69. The number of piperidine rings is 1. The Kier molecular flexibility index (Phi) is 5.54. The van der Waals surface area contributed by atoms with Crippen molar-refractivity contribution in [2.45, 2.75) is 31.4 Å². The van der Waals surface area contributed by atoms with Crippen LogP contribution in [0.4, 0.5) is 0 Å². The second-order valence-electron chi connectivity index (χ2n) is 5.62. The number of thioether (sulfide) groups is 1. The third kappa shape index (κ3) is 3.44. The maximum atomic E-state index is 12.9. The molecule has 0 saturated carbocycles. The lowest BCUT2D eigenvalue weighted by Gasteiger charge is -2.42. The minimum Gasteiger partial charge on any atom is -0.384 e. The Balaban J connectivity index is 2.05. The molecule has 0 aliphatic carbocycles. The first-order valence-corrected chi connectivity index (χ1v) is 8.37. The minimum atomic E-state index is -0.277. The van der Waals surface area contributed by atoms with Crippen molar-refractivity contribution in [2.75, 3.05) is 45.6 Å². The van der Waals surface area contributed by atoms with Crippen LogP contribution in [0.15, 0.2) is 0 Å². The van der Waals surface area contributed by atoms with Crippen molar-refractivity contribution >= 4 is 17.7 Å². The van der Waals surface area contributed by atoms with E-state index in [2.05, 4.69) is 17.1 Å². The van der Waals surface area contributed by atoms with Crippen LogP contribution in [-0.4, -0.2) is 61.7 Å². The quantitative estimate of drug-likeness (QED) is 0.847. The molecule has 1 atom stereocenters. The molecule has 2 rings (SSSR count). The molecule has 19 heavy (non-hydrogen) atoms. The predicted molar refractivity (Wildman–Crippen MR) is 79.5 cm³/mol. The standard InChI is InChI=1S/C14H26N2O2S/c1-3-12-10-16(8-9-19-12)13(17)14(11-18-2)4-6-15-7-5-14/h12,15H,3-11H2,1-2H3. The van der Waals surface area contributed by atoms with Gasteiger partial charge in [0.15, 0.2) is 0 Å². The molecule has 2 aliphatic rings. The number of nitrogens with one attached hydrogen (secondary N) is 1. The van der Waals surface area contributed by atoms with E-state index in [4.69, 9.17) is 4.74 Å². The SMILES string of the molecule is CCC1CN(C(=O)C2(COC)CCNCC2)CCS1. The number of ether oxygens (including phenoxy) is 1. The molecule has 2 saturated heterocycles. The van der Waals surface area contributed by atoms with Crippen molar-refractivity contribution in [1.82, 2.24) is 10.2 Å². The fraction of sp³-hybridized carbons (Fsp3) is 0.929. The van der Waals surface area contributed by atoms with Gasteiger partial charge in [-0.2, -0.15) is 11.8 Å². The highest BCUT2D eigenvalue weighted by Gasteiger charge is 2.43. The molecule has 1 N–H and O–H groups in total. The maximum absolute atomic E-state index is 12.9. The van der Waals surface area contributed by atoms with Crippen LogP contribution in [0.3, 0.4) is 0 Å². The molecular weight excluding hydrogens is 260 g/mol. The molecule has 2 fully saturated rings. The number of rotatable bonds is 4. The van der Waals surface area contributed by atoms with Crippen LogP contribution < -0.4 is 5.32 Å². The van der Waals surface area contributed by atoms with Crippen molar-refractivity contribution in [2.24, 2.45) is 5.41 Å². The van der Waals surface area contributed by atoms with E-state index in [-0.39, 0.29) is 5.41 Å². The van der Waals surface area contributed by atoms with Gasteiger partial charge in [-0.05, 0) is 32.4 Å². The molecule has 0 spiro atoms. The van der Waals surface area contributed by atoms with Gasteiger partial charge < -0.3 is 15.0 Å². The van der Waals surface area contributed by atoms with E-state index in [1.807, 2.05) is 11.8 Å². The molecule has 2 heterocycles. The largest absolute Gasteiger partial charge is 0.384 e. The van der Waals surface area contributed by atoms with E-state index >= 15 is 0 Å². The average molecular weight is 286 g/mol. The van der Waals surface area contributed by atoms with Gasteiger partial charge >= 0.3 is 0 Å². The number of methoxy groups -OCH3 is 1. The molecule has 110 valence electrons. The predicted octanol–water partition coefficient (Wildman–Crippen LogP) is 1.36. The van der Waals surface area contributed by atoms with E-state index < -0.39 is 0 Å². The number of carbonyl (C=O) groups excluding carboxylic acids is 1. The molecule has 0 bridgehead atoms. The van der Waals surface area contributed by atoms with E-state index in [9.17, 15) is 4.79 Å². The van der Waals surface area contributed by atoms with E-state index in [1.54, 1.807) is 7.11 Å². The zero-order valence-electron chi connectivity index (χ0n) is 12.1. The summed E-state index contributed by atoms with van der Waals surface area (Å²) in [7, 11) is 1.71. The maximum Gasteiger partial charge on any atom is 0.231 e. The highest BCUT2D eigenvalue weighted by Crippen LogP contribution is 2.33. The smallest absolute Gasteiger partial charge is 0.231 e. The van der Waals surface area contributed by atoms with Crippen LogP contribution in [0.5, 0.6) is 0 Å². The van der Waals surface area contributed by atoms with Gasteiger partial charge in [-0.25, -0.2) is 0 Å². The van der Waals surface area contributed by atoms with Crippen molar-refractivity contribution in [3.63, 3.8) is 0 Å². The zero-order chi connectivity index (χ0) is 13.7. The number of hydrogen-bond donors (Lipinski definition) is 1. The summed E-state index contributed by atoms with van der Waals surface area (Å²) >= 11 is 2.01. The lowest BCUT2D eigenvalue weighted by Crippen LogP contribution is -2.54. The van der Waals surface area contributed by atoms with Gasteiger partial charge in [0.1, 0.15) is 0 Å². The molecule has 0 aromatic rings. The van der Waals surface area contributed by atoms with Gasteiger partial charge in [0.05, 0.1) is 12.0 Å². The van der Waals surface area contributed by atoms with Gasteiger partial charge in [0.25, 0.3) is 0 Å². The first-order valence-electron chi connectivity index (χ1n) is 7.32. The summed E-state index contributed by atoms with van der Waals surface area (Å²) in [5.74, 6) is 1.40. The Morgan fingerprint density at radius 1 is 1.47 bits per heavy atom. The van der Waals surface area contributed by atoms with E-state index in [1.165, 1.54) is 0 Å². The minimum absolute atomic E-state index is 0.277. The number of nitrogens with zero attached hydrogens (tertiary/aromatic N) is 1. The third-order valence-electron chi connectivity index (χ3n) is 4.32. The fourth-order valence-electron chi connectivity index (χ4n) is 3.09. The van der Waals surface area contributed by atoms with Gasteiger partial charge in [-0.15, -0.1) is 0 Å². The fourth-order valence-corrected chi connectivity index (χ4v) is 4.27. The van der Waals surface area contributed by atoms with Crippen molar-refractivity contribution in [3.05, 3.63) is 0 Å². The van der Waals surface area contributed by atoms with Crippen LogP contribution in [0.2, 0.25) is 0 Å². The van der Waals surface area contributed by atoms with Crippen LogP contribution in [0, 0.1) is 5.41 Å². The molecule has 1 unspecified atom stereocenters. The van der Waals surface area contributed by atoms with Gasteiger partial charge in [-0.3, -0.25) is 4.79 Å². The molecular formula is C14H26N2O2S. The van der Waals surface area contributed by atoms with Crippen LogP contribution in [0.1, 0.15) is 26.2 Å². The highest BCUT2D eigenvalue weighted by atomic mass is 32.2. The highest BCUT2D eigenvalue weighted by molar-refractivity contribution is 8.00. The van der Waals surface area contributed by atoms with Crippen molar-refractivity contribution in [1.29, 1.82) is 0 Å². The summed E-state index contributed by atoms with van der Waals surface area (Å²) in [4.78, 5) is 15.0. The lowest BCUT2D eigenvalue weighted by molar-refractivity contribution is -0.147. The Bertz CT molecular complexity index is 300. The van der Waals surface area contributed by atoms with Crippen LogP contribution in [0.25, 0.3) is 0 Å².